The Morgan fingerprint density at radius 2 is 1.53 bits per heavy atom. The van der Waals surface area contributed by atoms with Crippen molar-refractivity contribution in [2.24, 2.45) is 0 Å². The van der Waals surface area contributed by atoms with E-state index in [0.29, 0.717) is 11.6 Å². The summed E-state index contributed by atoms with van der Waals surface area (Å²) in [6.07, 6.45) is 0. The molecule has 0 saturated carbocycles. The fourth-order valence-corrected chi connectivity index (χ4v) is 4.70. The zero-order chi connectivity index (χ0) is 21.7. The number of nitrogens with zero attached hydrogens (tertiary/aromatic N) is 1. The van der Waals surface area contributed by atoms with Crippen molar-refractivity contribution in [3.8, 4) is 0 Å². The predicted octanol–water partition coefficient (Wildman–Crippen LogP) is 5.30. The van der Waals surface area contributed by atoms with Crippen LogP contribution in [0.5, 0.6) is 0 Å². The first-order valence-corrected chi connectivity index (χ1v) is 11.3. The number of benzene rings is 3. The van der Waals surface area contributed by atoms with Gasteiger partial charge in [0.15, 0.2) is 0 Å². The summed E-state index contributed by atoms with van der Waals surface area (Å²) in [6.45, 7) is 3.76. The third-order valence-corrected chi connectivity index (χ3v) is 6.69. The normalized spacial score (nSPS) is 11.3. The topological polar surface area (TPSA) is 66.5 Å². The second-order valence-corrected chi connectivity index (χ2v) is 9.37. The minimum atomic E-state index is -3.99. The average molecular weight is 443 g/mol. The average Bonchev–Trinajstić information content (AvgIpc) is 2.73. The van der Waals surface area contributed by atoms with Gasteiger partial charge in [0.1, 0.15) is 6.54 Å². The first kappa shape index (κ1) is 21.9. The largest absolute Gasteiger partial charge is 0.325 e. The van der Waals surface area contributed by atoms with Gasteiger partial charge in [-0.05, 0) is 47.9 Å². The quantitative estimate of drug-likeness (QED) is 0.540. The number of hydrogen-bond acceptors (Lipinski definition) is 3. The standard InChI is InChI=1S/C23H23ClN2O3S/c1-17(2)18-12-14-19(15-13-18)25-23(27)16-26(22-11-7-6-10-21(22)24)30(28,29)20-8-4-3-5-9-20/h3-15,17H,16H2,1-2H3,(H,25,27). The summed E-state index contributed by atoms with van der Waals surface area (Å²) in [5.41, 5.74) is 1.99. The highest BCUT2D eigenvalue weighted by molar-refractivity contribution is 7.92. The number of nitrogens with one attached hydrogen (secondary N) is 1. The zero-order valence-electron chi connectivity index (χ0n) is 16.7. The molecule has 0 bridgehead atoms. The lowest BCUT2D eigenvalue weighted by Gasteiger charge is -2.25. The smallest absolute Gasteiger partial charge is 0.264 e. The van der Waals surface area contributed by atoms with Gasteiger partial charge in [-0.3, -0.25) is 9.10 Å². The van der Waals surface area contributed by atoms with Crippen LogP contribution in [0.15, 0.2) is 83.8 Å². The van der Waals surface area contributed by atoms with E-state index < -0.39 is 22.5 Å². The number of halogens is 1. The van der Waals surface area contributed by atoms with E-state index in [9.17, 15) is 13.2 Å². The Balaban J connectivity index is 1.89. The van der Waals surface area contributed by atoms with Gasteiger partial charge >= 0.3 is 0 Å². The van der Waals surface area contributed by atoms with Crippen LogP contribution in [-0.2, 0) is 14.8 Å². The number of para-hydroxylation sites is 1. The minimum Gasteiger partial charge on any atom is -0.325 e. The summed E-state index contributed by atoms with van der Waals surface area (Å²) in [7, 11) is -3.99. The van der Waals surface area contributed by atoms with Crippen LogP contribution in [0.3, 0.4) is 0 Å². The van der Waals surface area contributed by atoms with Crippen LogP contribution in [-0.4, -0.2) is 20.9 Å². The fourth-order valence-electron chi connectivity index (χ4n) is 2.96. The number of carbonyl (C=O) groups excluding carboxylic acids is 1. The molecule has 0 aromatic heterocycles. The van der Waals surface area contributed by atoms with E-state index in [-0.39, 0.29) is 15.6 Å². The molecule has 1 amide bonds. The van der Waals surface area contributed by atoms with Crippen molar-refractivity contribution in [1.29, 1.82) is 0 Å². The van der Waals surface area contributed by atoms with Crippen molar-refractivity contribution in [1.82, 2.24) is 0 Å². The van der Waals surface area contributed by atoms with E-state index in [0.717, 1.165) is 9.87 Å². The molecule has 0 aliphatic rings. The van der Waals surface area contributed by atoms with E-state index in [4.69, 9.17) is 11.6 Å². The summed E-state index contributed by atoms with van der Waals surface area (Å²) in [5.74, 6) is -0.0896. The van der Waals surface area contributed by atoms with Crippen LogP contribution in [0.4, 0.5) is 11.4 Å². The van der Waals surface area contributed by atoms with E-state index >= 15 is 0 Å². The van der Waals surface area contributed by atoms with Gasteiger partial charge in [0.2, 0.25) is 5.91 Å². The molecule has 0 heterocycles. The molecule has 0 aliphatic heterocycles. The molecule has 3 aromatic rings. The molecular weight excluding hydrogens is 420 g/mol. The van der Waals surface area contributed by atoms with Gasteiger partial charge in [-0.1, -0.05) is 67.9 Å². The van der Waals surface area contributed by atoms with Crippen molar-refractivity contribution in [2.45, 2.75) is 24.7 Å². The summed E-state index contributed by atoms with van der Waals surface area (Å²) >= 11 is 6.27. The Morgan fingerprint density at radius 1 is 0.933 bits per heavy atom. The molecule has 0 atom stereocenters. The number of sulfonamides is 1. The second-order valence-electron chi connectivity index (χ2n) is 7.10. The van der Waals surface area contributed by atoms with Crippen molar-refractivity contribution in [2.75, 3.05) is 16.2 Å². The number of amides is 1. The number of anilines is 2. The highest BCUT2D eigenvalue weighted by atomic mass is 35.5. The third-order valence-electron chi connectivity index (χ3n) is 4.60. The van der Waals surface area contributed by atoms with E-state index in [1.165, 1.54) is 12.1 Å². The van der Waals surface area contributed by atoms with Crippen LogP contribution in [0.1, 0.15) is 25.3 Å². The Labute approximate surface area is 182 Å². The van der Waals surface area contributed by atoms with Crippen molar-refractivity contribution in [3.63, 3.8) is 0 Å². The molecule has 3 rings (SSSR count). The molecule has 5 nitrogen and oxygen atoms in total. The number of hydrogen-bond donors (Lipinski definition) is 1. The molecule has 3 aromatic carbocycles. The minimum absolute atomic E-state index is 0.0824. The predicted molar refractivity (Wildman–Crippen MR) is 122 cm³/mol. The van der Waals surface area contributed by atoms with E-state index in [2.05, 4.69) is 19.2 Å². The molecule has 30 heavy (non-hydrogen) atoms. The van der Waals surface area contributed by atoms with E-state index in [1.807, 2.05) is 12.1 Å². The summed E-state index contributed by atoms with van der Waals surface area (Å²) < 4.78 is 27.6. The highest BCUT2D eigenvalue weighted by Crippen LogP contribution is 2.30. The maximum atomic E-state index is 13.3. The molecule has 0 radical (unpaired) electrons. The fraction of sp³-hybridized carbons (Fsp3) is 0.174. The van der Waals surface area contributed by atoms with E-state index in [1.54, 1.807) is 54.6 Å². The molecule has 156 valence electrons. The Morgan fingerprint density at radius 3 is 2.13 bits per heavy atom. The molecule has 7 heteroatoms. The van der Waals surface area contributed by atoms with Crippen molar-refractivity contribution in [3.05, 3.63) is 89.4 Å². The first-order chi connectivity index (χ1) is 14.3. The lowest BCUT2D eigenvalue weighted by atomic mass is 10.0. The van der Waals surface area contributed by atoms with Crippen LogP contribution in [0.2, 0.25) is 5.02 Å². The third kappa shape index (κ3) is 5.01. The lowest BCUT2D eigenvalue weighted by Crippen LogP contribution is -2.38. The van der Waals surface area contributed by atoms with Gasteiger partial charge in [0, 0.05) is 5.69 Å². The molecule has 0 unspecified atom stereocenters. The maximum Gasteiger partial charge on any atom is 0.264 e. The van der Waals surface area contributed by atoms with Gasteiger partial charge in [-0.2, -0.15) is 0 Å². The molecule has 0 fully saturated rings. The van der Waals surface area contributed by atoms with Crippen molar-refractivity contribution >= 4 is 38.9 Å². The lowest BCUT2D eigenvalue weighted by molar-refractivity contribution is -0.114. The Kier molecular flexibility index (Phi) is 6.80. The van der Waals surface area contributed by atoms with Crippen LogP contribution < -0.4 is 9.62 Å². The van der Waals surface area contributed by atoms with Gasteiger partial charge in [-0.15, -0.1) is 0 Å². The van der Waals surface area contributed by atoms with Gasteiger partial charge in [-0.25, -0.2) is 8.42 Å². The Bertz CT molecular complexity index is 1110. The first-order valence-electron chi connectivity index (χ1n) is 9.51. The molecular formula is C23H23ClN2O3S. The van der Waals surface area contributed by atoms with Gasteiger partial charge in [0.05, 0.1) is 15.6 Å². The van der Waals surface area contributed by atoms with Gasteiger partial charge in [0.25, 0.3) is 10.0 Å². The Hall–Kier alpha value is -2.83. The second kappa shape index (κ2) is 9.32. The van der Waals surface area contributed by atoms with Gasteiger partial charge < -0.3 is 5.32 Å². The van der Waals surface area contributed by atoms with Crippen LogP contribution >= 0.6 is 11.6 Å². The monoisotopic (exact) mass is 442 g/mol. The molecule has 0 spiro atoms. The highest BCUT2D eigenvalue weighted by Gasteiger charge is 2.28. The number of rotatable bonds is 7. The molecule has 0 aliphatic carbocycles. The number of carbonyl (C=O) groups is 1. The molecule has 1 N–H and O–H groups in total. The zero-order valence-corrected chi connectivity index (χ0v) is 18.3. The molecule has 0 saturated heterocycles. The van der Waals surface area contributed by atoms with Crippen LogP contribution in [0, 0.1) is 0 Å². The van der Waals surface area contributed by atoms with Crippen molar-refractivity contribution < 1.29 is 13.2 Å². The van der Waals surface area contributed by atoms with Crippen LogP contribution in [0.25, 0.3) is 0 Å². The summed E-state index contributed by atoms with van der Waals surface area (Å²) in [6, 6.07) is 22.0. The summed E-state index contributed by atoms with van der Waals surface area (Å²) in [5, 5.41) is 3.00. The summed E-state index contributed by atoms with van der Waals surface area (Å²) in [4.78, 5) is 12.8. The maximum absolute atomic E-state index is 13.3. The SMILES string of the molecule is CC(C)c1ccc(NC(=O)CN(c2ccccc2Cl)S(=O)(=O)c2ccccc2)cc1.